The third kappa shape index (κ3) is 10.2. The van der Waals surface area contributed by atoms with Gasteiger partial charge in [0.15, 0.2) is 6.10 Å². The van der Waals surface area contributed by atoms with Crippen LogP contribution >= 0.6 is 0 Å². The highest BCUT2D eigenvalue weighted by molar-refractivity contribution is 6.04. The lowest BCUT2D eigenvalue weighted by molar-refractivity contribution is -0.112. The second kappa shape index (κ2) is 17.6. The number of aliphatic hydroxyl groups excluding tert-OH is 1. The normalized spacial score (nSPS) is 25.8. The Kier molecular flexibility index (Phi) is 14.6. The fraction of sp³-hybridized carbons (Fsp3) is 0.531. The summed E-state index contributed by atoms with van der Waals surface area (Å²) >= 11 is 0. The highest BCUT2D eigenvalue weighted by atomic mass is 16.6. The number of phenols is 2. The molecular weight excluding hydrogens is 568 g/mol. The van der Waals surface area contributed by atoms with Crippen molar-refractivity contribution in [2.45, 2.75) is 71.4 Å². The molecule has 44 heavy (non-hydrogen) atoms. The molecule has 1 aliphatic rings. The number of hydrogen-bond acceptors (Lipinski definition) is 10. The molecule has 0 aromatic heterocycles. The van der Waals surface area contributed by atoms with Crippen LogP contribution in [-0.2, 0) is 25.4 Å². The van der Waals surface area contributed by atoms with Gasteiger partial charge in [0.25, 0.3) is 5.91 Å². The van der Waals surface area contributed by atoms with E-state index in [1.165, 1.54) is 26.4 Å². The number of fused-ring (bicyclic) bond motifs is 2. The molecule has 244 valence electrons. The molecule has 6 unspecified atom stereocenters. The lowest BCUT2D eigenvalue weighted by Gasteiger charge is -2.29. The number of aliphatic imine (C=N–C) groups is 1. The molecule has 0 saturated carbocycles. The maximum Gasteiger partial charge on any atom is 0.405 e. The number of aromatic hydroxyl groups is 2. The molecule has 12 heteroatoms. The SMILES string of the molecule is CNCCC=Nc1c(O)cc2c(O)c1CC(C)CC(OC)C(O)C(C)C=C(C)C(OC(N)=O)C(OC)C=CC=C(C)C(=O)N2. The quantitative estimate of drug-likeness (QED) is 0.0870. The van der Waals surface area contributed by atoms with Gasteiger partial charge in [-0.05, 0) is 58.2 Å². The number of aliphatic hydroxyl groups is 1. The largest absolute Gasteiger partial charge is 0.506 e. The van der Waals surface area contributed by atoms with Crippen LogP contribution in [-0.4, -0.2) is 85.8 Å². The summed E-state index contributed by atoms with van der Waals surface area (Å²) in [6.45, 7) is 7.76. The zero-order chi connectivity index (χ0) is 33.0. The molecular formula is C32H48N4O8. The first-order valence-corrected chi connectivity index (χ1v) is 14.6. The van der Waals surface area contributed by atoms with E-state index < -0.39 is 42.3 Å². The van der Waals surface area contributed by atoms with Crippen LogP contribution in [0.2, 0.25) is 0 Å². The van der Waals surface area contributed by atoms with E-state index in [0.717, 1.165) is 0 Å². The molecule has 2 rings (SSSR count). The van der Waals surface area contributed by atoms with Gasteiger partial charge in [-0.2, -0.15) is 0 Å². The summed E-state index contributed by atoms with van der Waals surface area (Å²) in [5.41, 5.74) is 6.84. The molecule has 7 N–H and O–H groups in total. The summed E-state index contributed by atoms with van der Waals surface area (Å²) in [7, 11) is 4.77. The van der Waals surface area contributed by atoms with E-state index in [0.29, 0.717) is 30.5 Å². The van der Waals surface area contributed by atoms with E-state index in [9.17, 15) is 24.9 Å². The van der Waals surface area contributed by atoms with E-state index in [2.05, 4.69) is 15.6 Å². The summed E-state index contributed by atoms with van der Waals surface area (Å²) in [5, 5.41) is 39.2. The first kappa shape index (κ1) is 36.5. The van der Waals surface area contributed by atoms with E-state index in [-0.39, 0.29) is 40.8 Å². The molecule has 0 fully saturated rings. The third-order valence-corrected chi connectivity index (χ3v) is 7.55. The lowest BCUT2D eigenvalue weighted by Crippen LogP contribution is -2.37. The minimum atomic E-state index is -0.991. The fourth-order valence-electron chi connectivity index (χ4n) is 5.10. The van der Waals surface area contributed by atoms with Crippen molar-refractivity contribution in [3.63, 3.8) is 0 Å². The number of nitrogens with one attached hydrogen (secondary N) is 2. The molecule has 0 radical (unpaired) electrons. The van der Waals surface area contributed by atoms with Gasteiger partial charge in [-0.3, -0.25) is 9.79 Å². The predicted molar refractivity (Wildman–Crippen MR) is 170 cm³/mol. The van der Waals surface area contributed by atoms with Crippen LogP contribution in [0.4, 0.5) is 16.2 Å². The van der Waals surface area contributed by atoms with Crippen LogP contribution in [0.25, 0.3) is 0 Å². The van der Waals surface area contributed by atoms with Gasteiger partial charge in [0.05, 0.1) is 17.9 Å². The Labute approximate surface area is 259 Å². The van der Waals surface area contributed by atoms with Crippen molar-refractivity contribution < 1.29 is 39.1 Å². The monoisotopic (exact) mass is 616 g/mol. The van der Waals surface area contributed by atoms with Crippen molar-refractivity contribution in [3.05, 3.63) is 47.1 Å². The Balaban J connectivity index is 2.67. The average molecular weight is 617 g/mol. The van der Waals surface area contributed by atoms with Gasteiger partial charge in [-0.1, -0.05) is 38.2 Å². The number of anilines is 1. The number of primary amides is 1. The minimum absolute atomic E-state index is 0.0278. The van der Waals surface area contributed by atoms with Crippen molar-refractivity contribution in [3.8, 4) is 11.5 Å². The van der Waals surface area contributed by atoms with Crippen molar-refractivity contribution >= 4 is 29.6 Å². The number of nitrogens with two attached hydrogens (primary N) is 1. The first-order chi connectivity index (χ1) is 20.8. The second-order valence-electron chi connectivity index (χ2n) is 11.1. The number of carbonyl (C=O) groups is 2. The number of hydrogen-bond donors (Lipinski definition) is 6. The zero-order valence-electron chi connectivity index (χ0n) is 26.7. The van der Waals surface area contributed by atoms with Crippen LogP contribution < -0.4 is 16.4 Å². The molecule has 1 aromatic rings. The average Bonchev–Trinajstić information content (AvgIpc) is 2.97. The summed E-state index contributed by atoms with van der Waals surface area (Å²) in [6.07, 6.45) is 5.20. The second-order valence-corrected chi connectivity index (χ2v) is 11.1. The summed E-state index contributed by atoms with van der Waals surface area (Å²) in [6, 6.07) is 1.27. The summed E-state index contributed by atoms with van der Waals surface area (Å²) < 4.78 is 16.7. The van der Waals surface area contributed by atoms with Crippen LogP contribution in [0.5, 0.6) is 11.5 Å². The molecule has 2 bridgehead atoms. The topological polar surface area (TPSA) is 185 Å². The smallest absolute Gasteiger partial charge is 0.405 e. The van der Waals surface area contributed by atoms with Crippen molar-refractivity contribution in [2.75, 3.05) is 33.1 Å². The van der Waals surface area contributed by atoms with Crippen LogP contribution in [0.1, 0.15) is 46.1 Å². The van der Waals surface area contributed by atoms with Crippen LogP contribution in [0.3, 0.4) is 0 Å². The summed E-state index contributed by atoms with van der Waals surface area (Å²) in [5.74, 6) is -1.51. The maximum absolute atomic E-state index is 13.1. The number of amides is 2. The molecule has 1 aliphatic heterocycles. The molecule has 1 aromatic carbocycles. The number of nitrogens with zero attached hydrogens (tertiary/aromatic N) is 1. The highest BCUT2D eigenvalue weighted by Gasteiger charge is 2.30. The Bertz CT molecular complexity index is 1260. The Hall–Kier alpha value is -3.71. The molecule has 0 aliphatic carbocycles. The lowest BCUT2D eigenvalue weighted by atomic mass is 9.87. The van der Waals surface area contributed by atoms with Gasteiger partial charge >= 0.3 is 6.09 Å². The van der Waals surface area contributed by atoms with Gasteiger partial charge in [-0.15, -0.1) is 0 Å². The molecule has 2 amide bonds. The minimum Gasteiger partial charge on any atom is -0.506 e. The number of ether oxygens (including phenoxy) is 3. The van der Waals surface area contributed by atoms with Gasteiger partial charge in [0, 0.05) is 43.6 Å². The number of allylic oxidation sites excluding steroid dienone is 2. The Morgan fingerprint density at radius 2 is 1.93 bits per heavy atom. The molecule has 0 spiro atoms. The number of phenolic OH excluding ortho intramolecular Hbond substituents is 2. The van der Waals surface area contributed by atoms with E-state index >= 15 is 0 Å². The third-order valence-electron chi connectivity index (χ3n) is 7.55. The predicted octanol–water partition coefficient (Wildman–Crippen LogP) is 3.87. The summed E-state index contributed by atoms with van der Waals surface area (Å²) in [4.78, 5) is 29.3. The van der Waals surface area contributed by atoms with Gasteiger partial charge in [-0.25, -0.2) is 4.79 Å². The molecule has 12 nitrogen and oxygen atoms in total. The van der Waals surface area contributed by atoms with Crippen molar-refractivity contribution in [1.29, 1.82) is 0 Å². The van der Waals surface area contributed by atoms with E-state index in [4.69, 9.17) is 19.9 Å². The van der Waals surface area contributed by atoms with Crippen molar-refractivity contribution in [2.24, 2.45) is 22.6 Å². The standard InChI is InChI=1S/C32H48N4O8/c1-18-14-22-27(35-13-9-12-34-5)24(37)17-23(29(22)39)36-31(40)19(2)10-8-11-25(42-6)30(44-32(33)41)21(4)16-20(3)28(38)26(15-18)43-7/h8,10-11,13,16-18,20,25-26,28,30,34,37-39H,9,12,14-15H2,1-7H3,(H2,33,41)(H,36,40). The van der Waals surface area contributed by atoms with Gasteiger partial charge < -0.3 is 45.9 Å². The maximum atomic E-state index is 13.1. The number of methoxy groups -OCH3 is 2. The Morgan fingerprint density at radius 3 is 2.55 bits per heavy atom. The van der Waals surface area contributed by atoms with Gasteiger partial charge in [0.1, 0.15) is 23.3 Å². The van der Waals surface area contributed by atoms with Crippen LogP contribution in [0.15, 0.2) is 46.5 Å². The highest BCUT2D eigenvalue weighted by Crippen LogP contribution is 2.44. The van der Waals surface area contributed by atoms with Gasteiger partial charge in [0.2, 0.25) is 0 Å². The molecule has 0 saturated heterocycles. The fourth-order valence-corrected chi connectivity index (χ4v) is 5.10. The zero-order valence-corrected chi connectivity index (χ0v) is 26.7. The number of benzene rings is 1. The number of rotatable bonds is 7. The first-order valence-electron chi connectivity index (χ1n) is 14.6. The molecule has 1 heterocycles. The number of carbonyl (C=O) groups excluding carboxylic acids is 2. The van der Waals surface area contributed by atoms with Crippen molar-refractivity contribution in [1.82, 2.24) is 5.32 Å². The van der Waals surface area contributed by atoms with E-state index in [1.54, 1.807) is 38.3 Å². The Morgan fingerprint density at radius 1 is 1.23 bits per heavy atom. The van der Waals surface area contributed by atoms with E-state index in [1.807, 2.05) is 20.9 Å². The molecule has 6 atom stereocenters. The van der Waals surface area contributed by atoms with Crippen LogP contribution in [0, 0.1) is 11.8 Å².